The first-order valence-corrected chi connectivity index (χ1v) is 9.96. The molecular weight excluding hydrogens is 410 g/mol. The van der Waals surface area contributed by atoms with Crippen LogP contribution in [0, 0.1) is 6.92 Å². The number of aromatic amines is 1. The van der Waals surface area contributed by atoms with E-state index in [1.54, 1.807) is 25.4 Å². The zero-order valence-electron chi connectivity index (χ0n) is 17.8. The van der Waals surface area contributed by atoms with Crippen molar-refractivity contribution in [2.75, 3.05) is 7.05 Å². The standard InChI is InChI=1S/C23H23N5O4/c1-13-7-4-5-9-18(13)28-21(25-26-23(28)32)15-11-16(20(30)12-19(15)29)22(31)27(3)14(2)17-8-6-10-24-17/h4-12,14,24,29-30H,1-3H3,(H,26,32). The Morgan fingerprint density at radius 3 is 2.50 bits per heavy atom. The molecule has 32 heavy (non-hydrogen) atoms. The Kier molecular flexibility index (Phi) is 5.31. The number of nitrogens with one attached hydrogen (secondary N) is 1. The van der Waals surface area contributed by atoms with E-state index in [0.717, 1.165) is 17.3 Å². The van der Waals surface area contributed by atoms with E-state index >= 15 is 0 Å². The molecule has 0 aliphatic heterocycles. The summed E-state index contributed by atoms with van der Waals surface area (Å²) in [7, 11) is 1.63. The number of aryl methyl sites for hydroxylation is 1. The van der Waals surface area contributed by atoms with Gasteiger partial charge in [0.05, 0.1) is 22.9 Å². The van der Waals surface area contributed by atoms with Crippen molar-refractivity contribution in [1.82, 2.24) is 24.6 Å². The summed E-state index contributed by atoms with van der Waals surface area (Å²) < 4.78 is 1.38. The SMILES string of the molecule is Cc1ccccc1-n1c(O)nnc1-c1cc(C(=O)N(C)C(C)c2ccc[nH]2)c(O)cc1O. The Balaban J connectivity index is 1.80. The van der Waals surface area contributed by atoms with Crippen molar-refractivity contribution in [2.24, 2.45) is 0 Å². The molecule has 0 saturated heterocycles. The van der Waals surface area contributed by atoms with Gasteiger partial charge in [-0.3, -0.25) is 4.79 Å². The number of rotatable bonds is 5. The summed E-state index contributed by atoms with van der Waals surface area (Å²) in [6.07, 6.45) is 1.77. The number of nitrogens with zero attached hydrogens (tertiary/aromatic N) is 4. The minimum atomic E-state index is -0.447. The van der Waals surface area contributed by atoms with Crippen molar-refractivity contribution < 1.29 is 20.1 Å². The van der Waals surface area contributed by atoms with Crippen molar-refractivity contribution in [2.45, 2.75) is 19.9 Å². The van der Waals surface area contributed by atoms with Gasteiger partial charge < -0.3 is 25.2 Å². The third-order valence-corrected chi connectivity index (χ3v) is 5.56. The van der Waals surface area contributed by atoms with Gasteiger partial charge in [0.2, 0.25) is 0 Å². The molecule has 0 radical (unpaired) electrons. The van der Waals surface area contributed by atoms with Crippen molar-refractivity contribution >= 4 is 5.91 Å². The first kappa shape index (κ1) is 21.0. The van der Waals surface area contributed by atoms with Crippen molar-refractivity contribution in [1.29, 1.82) is 0 Å². The van der Waals surface area contributed by atoms with Gasteiger partial charge in [-0.2, -0.15) is 0 Å². The second kappa shape index (κ2) is 8.10. The smallest absolute Gasteiger partial charge is 0.319 e. The van der Waals surface area contributed by atoms with E-state index in [1.807, 2.05) is 38.1 Å². The van der Waals surface area contributed by atoms with Crippen LogP contribution in [0.15, 0.2) is 54.7 Å². The molecule has 0 bridgehead atoms. The number of aromatic nitrogens is 4. The Morgan fingerprint density at radius 1 is 1.06 bits per heavy atom. The van der Waals surface area contributed by atoms with Gasteiger partial charge in [0.1, 0.15) is 11.5 Å². The monoisotopic (exact) mass is 433 g/mol. The number of carbonyl (C=O) groups excluding carboxylic acids is 1. The van der Waals surface area contributed by atoms with Gasteiger partial charge in [0.15, 0.2) is 5.82 Å². The van der Waals surface area contributed by atoms with Crippen LogP contribution in [-0.2, 0) is 0 Å². The quantitative estimate of drug-likeness (QED) is 0.381. The van der Waals surface area contributed by atoms with E-state index in [4.69, 9.17) is 0 Å². The highest BCUT2D eigenvalue weighted by atomic mass is 16.3. The number of amides is 1. The normalized spacial score (nSPS) is 12.0. The van der Waals surface area contributed by atoms with Crippen molar-refractivity contribution in [3.8, 4) is 34.6 Å². The number of para-hydroxylation sites is 1. The molecule has 4 N–H and O–H groups in total. The van der Waals surface area contributed by atoms with E-state index in [9.17, 15) is 20.1 Å². The minimum Gasteiger partial charge on any atom is -0.507 e. The molecule has 2 aromatic heterocycles. The molecule has 164 valence electrons. The fraction of sp³-hybridized carbons (Fsp3) is 0.174. The van der Waals surface area contributed by atoms with Crippen LogP contribution in [0.3, 0.4) is 0 Å². The maximum absolute atomic E-state index is 13.2. The molecule has 2 aromatic carbocycles. The minimum absolute atomic E-state index is 0.0162. The van der Waals surface area contributed by atoms with Crippen LogP contribution in [0.1, 0.15) is 34.6 Å². The van der Waals surface area contributed by atoms with Gasteiger partial charge in [-0.1, -0.05) is 23.3 Å². The number of carbonyl (C=O) groups is 1. The third-order valence-electron chi connectivity index (χ3n) is 5.56. The van der Waals surface area contributed by atoms with E-state index in [2.05, 4.69) is 15.2 Å². The molecule has 0 fully saturated rings. The molecule has 9 heteroatoms. The lowest BCUT2D eigenvalue weighted by molar-refractivity contribution is 0.0737. The average Bonchev–Trinajstić information content (AvgIpc) is 3.43. The lowest BCUT2D eigenvalue weighted by Crippen LogP contribution is -2.30. The van der Waals surface area contributed by atoms with Crippen LogP contribution in [0.2, 0.25) is 0 Å². The first-order valence-electron chi connectivity index (χ1n) is 9.96. The molecule has 0 aliphatic rings. The number of benzene rings is 2. The predicted octanol–water partition coefficient (Wildman–Crippen LogP) is 3.52. The van der Waals surface area contributed by atoms with E-state index in [-0.39, 0.29) is 40.5 Å². The largest absolute Gasteiger partial charge is 0.507 e. The summed E-state index contributed by atoms with van der Waals surface area (Å²) in [4.78, 5) is 17.7. The van der Waals surface area contributed by atoms with Gasteiger partial charge in [-0.15, -0.1) is 5.10 Å². The van der Waals surface area contributed by atoms with Gasteiger partial charge in [0, 0.05) is 25.0 Å². The number of hydrogen-bond acceptors (Lipinski definition) is 6. The molecule has 0 saturated carbocycles. The molecule has 9 nitrogen and oxygen atoms in total. The Labute approximate surface area is 184 Å². The van der Waals surface area contributed by atoms with Crippen LogP contribution in [0.25, 0.3) is 17.1 Å². The number of phenolic OH excluding ortho intramolecular Hbond substituents is 2. The summed E-state index contributed by atoms with van der Waals surface area (Å²) in [5.74, 6) is -0.991. The highest BCUT2D eigenvalue weighted by molar-refractivity contribution is 5.98. The fourth-order valence-electron chi connectivity index (χ4n) is 3.59. The van der Waals surface area contributed by atoms with Crippen LogP contribution in [0.5, 0.6) is 17.5 Å². The number of H-pyrrole nitrogens is 1. The molecule has 0 aliphatic carbocycles. The second-order valence-corrected chi connectivity index (χ2v) is 7.55. The molecule has 4 aromatic rings. The molecular formula is C23H23N5O4. The highest BCUT2D eigenvalue weighted by Gasteiger charge is 2.26. The van der Waals surface area contributed by atoms with Crippen LogP contribution >= 0.6 is 0 Å². The van der Waals surface area contributed by atoms with Gasteiger partial charge >= 0.3 is 6.01 Å². The number of hydrogen-bond donors (Lipinski definition) is 4. The van der Waals surface area contributed by atoms with Crippen molar-refractivity contribution in [3.05, 3.63) is 71.5 Å². The molecule has 1 atom stereocenters. The van der Waals surface area contributed by atoms with E-state index < -0.39 is 5.91 Å². The van der Waals surface area contributed by atoms with Crippen LogP contribution in [0.4, 0.5) is 0 Å². The summed E-state index contributed by atoms with van der Waals surface area (Å²) in [5.41, 5.74) is 2.42. The van der Waals surface area contributed by atoms with E-state index in [1.165, 1.54) is 15.5 Å². The molecule has 0 spiro atoms. The Hall–Kier alpha value is -4.27. The second-order valence-electron chi connectivity index (χ2n) is 7.55. The topological polar surface area (TPSA) is 128 Å². The van der Waals surface area contributed by atoms with Crippen LogP contribution in [-0.4, -0.2) is 52.9 Å². The molecule has 1 amide bonds. The predicted molar refractivity (Wildman–Crippen MR) is 118 cm³/mol. The average molecular weight is 433 g/mol. The number of aromatic hydroxyl groups is 3. The molecule has 1 unspecified atom stereocenters. The van der Waals surface area contributed by atoms with E-state index in [0.29, 0.717) is 5.69 Å². The molecule has 2 heterocycles. The van der Waals surface area contributed by atoms with Gasteiger partial charge in [-0.25, -0.2) is 4.57 Å². The lowest BCUT2D eigenvalue weighted by atomic mass is 10.0. The third kappa shape index (κ3) is 3.53. The summed E-state index contributed by atoms with van der Waals surface area (Å²) >= 11 is 0. The zero-order chi connectivity index (χ0) is 23.0. The molecule has 4 rings (SSSR count). The summed E-state index contributed by atoms with van der Waals surface area (Å²) in [5, 5.41) is 39.1. The highest BCUT2D eigenvalue weighted by Crippen LogP contribution is 2.37. The van der Waals surface area contributed by atoms with Crippen LogP contribution < -0.4 is 0 Å². The summed E-state index contributed by atoms with van der Waals surface area (Å²) in [6.45, 7) is 3.72. The fourth-order valence-corrected chi connectivity index (χ4v) is 3.59. The summed E-state index contributed by atoms with van der Waals surface area (Å²) in [6, 6.07) is 12.8. The Morgan fingerprint density at radius 2 is 1.81 bits per heavy atom. The van der Waals surface area contributed by atoms with Gasteiger partial charge in [-0.05, 0) is 43.7 Å². The van der Waals surface area contributed by atoms with Crippen molar-refractivity contribution in [3.63, 3.8) is 0 Å². The van der Waals surface area contributed by atoms with Gasteiger partial charge in [0.25, 0.3) is 5.91 Å². The number of phenols is 2. The lowest BCUT2D eigenvalue weighted by Gasteiger charge is -2.25. The maximum atomic E-state index is 13.2. The Bertz CT molecular complexity index is 1280. The zero-order valence-corrected chi connectivity index (χ0v) is 17.8. The first-order chi connectivity index (χ1) is 15.3. The maximum Gasteiger partial charge on any atom is 0.319 e.